The van der Waals surface area contributed by atoms with Crippen LogP contribution in [0.3, 0.4) is 0 Å². The van der Waals surface area contributed by atoms with E-state index in [2.05, 4.69) is 4.98 Å². The van der Waals surface area contributed by atoms with Gasteiger partial charge in [-0.25, -0.2) is 9.37 Å². The zero-order valence-electron chi connectivity index (χ0n) is 9.34. The lowest BCUT2D eigenvalue weighted by atomic mass is 10.2. The van der Waals surface area contributed by atoms with Gasteiger partial charge in [-0.05, 0) is 30.3 Å². The van der Waals surface area contributed by atoms with Crippen molar-refractivity contribution in [2.75, 3.05) is 0 Å². The first kappa shape index (κ1) is 10.5. The highest BCUT2D eigenvalue weighted by molar-refractivity contribution is 5.77. The molecule has 18 heavy (non-hydrogen) atoms. The summed E-state index contributed by atoms with van der Waals surface area (Å²) in [7, 11) is 0. The maximum absolute atomic E-state index is 13.9. The van der Waals surface area contributed by atoms with E-state index >= 15 is 0 Å². The first-order valence-electron chi connectivity index (χ1n) is 5.42. The molecule has 0 bridgehead atoms. The number of halogens is 1. The largest absolute Gasteiger partial charge is 0.296 e. The van der Waals surface area contributed by atoms with Gasteiger partial charge in [0.1, 0.15) is 12.1 Å². The maximum atomic E-state index is 13.9. The van der Waals surface area contributed by atoms with Crippen LogP contribution in [0.15, 0.2) is 48.8 Å². The number of hydrogen-bond acceptors (Lipinski definition) is 2. The van der Waals surface area contributed by atoms with Crippen molar-refractivity contribution in [2.24, 2.45) is 0 Å². The van der Waals surface area contributed by atoms with Gasteiger partial charge in [-0.2, -0.15) is 5.26 Å². The molecule has 1 heterocycles. The van der Waals surface area contributed by atoms with E-state index < -0.39 is 5.82 Å². The lowest BCUT2D eigenvalue weighted by Crippen LogP contribution is -1.96. The van der Waals surface area contributed by atoms with Gasteiger partial charge < -0.3 is 0 Å². The third-order valence-electron chi connectivity index (χ3n) is 2.79. The minimum absolute atomic E-state index is 0.306. The van der Waals surface area contributed by atoms with Crippen LogP contribution in [0.1, 0.15) is 5.56 Å². The number of aromatic nitrogens is 2. The Kier molecular flexibility index (Phi) is 2.31. The number of benzene rings is 2. The Labute approximate surface area is 103 Å². The van der Waals surface area contributed by atoms with Crippen molar-refractivity contribution >= 4 is 11.0 Å². The molecular weight excluding hydrogens is 229 g/mol. The summed E-state index contributed by atoms with van der Waals surface area (Å²) < 4.78 is 15.6. The summed E-state index contributed by atoms with van der Waals surface area (Å²) >= 11 is 0. The van der Waals surface area contributed by atoms with Crippen LogP contribution in [0.25, 0.3) is 16.7 Å². The van der Waals surface area contributed by atoms with Crippen LogP contribution in [0, 0.1) is 17.1 Å². The molecule has 4 heteroatoms. The van der Waals surface area contributed by atoms with Crippen LogP contribution in [0.5, 0.6) is 0 Å². The van der Waals surface area contributed by atoms with Crippen LogP contribution in [0.4, 0.5) is 4.39 Å². The molecule has 0 saturated heterocycles. The molecule has 0 saturated carbocycles. The molecule has 0 aliphatic carbocycles. The second-order valence-electron chi connectivity index (χ2n) is 3.88. The maximum Gasteiger partial charge on any atom is 0.148 e. The molecule has 0 N–H and O–H groups in total. The number of para-hydroxylation sites is 2. The number of rotatable bonds is 1. The molecule has 1 aromatic heterocycles. The highest BCUT2D eigenvalue weighted by Crippen LogP contribution is 2.20. The van der Waals surface area contributed by atoms with Gasteiger partial charge in [-0.3, -0.25) is 4.57 Å². The van der Waals surface area contributed by atoms with Gasteiger partial charge in [0.15, 0.2) is 0 Å². The second-order valence-corrected chi connectivity index (χ2v) is 3.88. The fourth-order valence-corrected chi connectivity index (χ4v) is 1.92. The van der Waals surface area contributed by atoms with Gasteiger partial charge in [-0.1, -0.05) is 12.1 Å². The molecular formula is C14H8FN3. The van der Waals surface area contributed by atoms with Crippen LogP contribution in [0.2, 0.25) is 0 Å². The standard InChI is InChI=1S/C14H8FN3/c15-11-7-10(8-16)5-6-13(11)18-9-17-12-3-1-2-4-14(12)18/h1-7,9H. The summed E-state index contributed by atoms with van der Waals surface area (Å²) in [6, 6.07) is 13.8. The molecule has 0 radical (unpaired) electrons. The summed E-state index contributed by atoms with van der Waals surface area (Å²) in [5, 5.41) is 8.72. The fraction of sp³-hybridized carbons (Fsp3) is 0. The van der Waals surface area contributed by atoms with E-state index in [1.807, 2.05) is 30.3 Å². The van der Waals surface area contributed by atoms with E-state index in [0.717, 1.165) is 11.0 Å². The highest BCUT2D eigenvalue weighted by atomic mass is 19.1. The molecule has 0 unspecified atom stereocenters. The van der Waals surface area contributed by atoms with Gasteiger partial charge in [0.05, 0.1) is 28.4 Å². The average Bonchev–Trinajstić information content (AvgIpc) is 2.82. The van der Waals surface area contributed by atoms with Gasteiger partial charge >= 0.3 is 0 Å². The Morgan fingerprint density at radius 2 is 2.00 bits per heavy atom. The predicted octanol–water partition coefficient (Wildman–Crippen LogP) is 3.04. The number of nitrogens with zero attached hydrogens (tertiary/aromatic N) is 3. The quantitative estimate of drug-likeness (QED) is 0.652. The summed E-state index contributed by atoms with van der Waals surface area (Å²) in [5.41, 5.74) is 2.34. The smallest absolute Gasteiger partial charge is 0.148 e. The van der Waals surface area contributed by atoms with Crippen molar-refractivity contribution in [2.45, 2.75) is 0 Å². The van der Waals surface area contributed by atoms with Gasteiger partial charge in [0.25, 0.3) is 0 Å². The van der Waals surface area contributed by atoms with Crippen molar-refractivity contribution < 1.29 is 4.39 Å². The molecule has 0 amide bonds. The Bertz CT molecular complexity index is 768. The van der Waals surface area contributed by atoms with Crippen LogP contribution in [-0.4, -0.2) is 9.55 Å². The summed E-state index contributed by atoms with van der Waals surface area (Å²) in [6.07, 6.45) is 1.58. The Balaban J connectivity index is 2.24. The topological polar surface area (TPSA) is 41.6 Å². The molecule has 0 atom stereocenters. The van der Waals surface area contributed by atoms with E-state index in [1.54, 1.807) is 23.0 Å². The number of fused-ring (bicyclic) bond motifs is 1. The molecule has 0 spiro atoms. The average molecular weight is 237 g/mol. The Hall–Kier alpha value is -2.67. The molecule has 0 fully saturated rings. The predicted molar refractivity (Wildman–Crippen MR) is 65.7 cm³/mol. The van der Waals surface area contributed by atoms with Gasteiger partial charge in [-0.15, -0.1) is 0 Å². The lowest BCUT2D eigenvalue weighted by molar-refractivity contribution is 0.619. The van der Waals surface area contributed by atoms with Gasteiger partial charge in [0, 0.05) is 0 Å². The fourth-order valence-electron chi connectivity index (χ4n) is 1.92. The first-order valence-corrected chi connectivity index (χ1v) is 5.42. The number of imidazole rings is 1. The zero-order valence-corrected chi connectivity index (χ0v) is 9.34. The molecule has 3 nitrogen and oxygen atoms in total. The molecule has 3 aromatic rings. The van der Waals surface area contributed by atoms with Crippen molar-refractivity contribution in [3.05, 3.63) is 60.2 Å². The Morgan fingerprint density at radius 1 is 1.17 bits per heavy atom. The van der Waals surface area contributed by atoms with Crippen molar-refractivity contribution in [1.82, 2.24) is 9.55 Å². The minimum atomic E-state index is -0.433. The summed E-state index contributed by atoms with van der Waals surface area (Å²) in [6.45, 7) is 0. The van der Waals surface area contributed by atoms with Crippen molar-refractivity contribution in [3.8, 4) is 11.8 Å². The number of hydrogen-bond donors (Lipinski definition) is 0. The van der Waals surface area contributed by atoms with E-state index in [4.69, 9.17) is 5.26 Å². The van der Waals surface area contributed by atoms with E-state index in [-0.39, 0.29) is 0 Å². The number of nitriles is 1. The normalized spacial score (nSPS) is 10.4. The summed E-state index contributed by atoms with van der Waals surface area (Å²) in [4.78, 5) is 4.21. The lowest BCUT2D eigenvalue weighted by Gasteiger charge is -2.05. The molecule has 86 valence electrons. The van der Waals surface area contributed by atoms with E-state index in [0.29, 0.717) is 11.3 Å². The van der Waals surface area contributed by atoms with Crippen LogP contribution >= 0.6 is 0 Å². The molecule has 3 rings (SSSR count). The van der Waals surface area contributed by atoms with Crippen molar-refractivity contribution in [1.29, 1.82) is 5.26 Å². The van der Waals surface area contributed by atoms with Crippen molar-refractivity contribution in [3.63, 3.8) is 0 Å². The minimum Gasteiger partial charge on any atom is -0.296 e. The highest BCUT2D eigenvalue weighted by Gasteiger charge is 2.09. The Morgan fingerprint density at radius 3 is 2.78 bits per heavy atom. The monoisotopic (exact) mass is 237 g/mol. The summed E-state index contributed by atoms with van der Waals surface area (Å²) in [5.74, 6) is -0.433. The van der Waals surface area contributed by atoms with E-state index in [1.165, 1.54) is 6.07 Å². The van der Waals surface area contributed by atoms with Crippen LogP contribution < -0.4 is 0 Å². The molecule has 0 aliphatic heterocycles. The molecule has 2 aromatic carbocycles. The second kappa shape index (κ2) is 3.97. The zero-order chi connectivity index (χ0) is 12.5. The van der Waals surface area contributed by atoms with Crippen LogP contribution in [-0.2, 0) is 0 Å². The SMILES string of the molecule is N#Cc1ccc(-n2cnc3ccccc32)c(F)c1. The third-order valence-corrected chi connectivity index (χ3v) is 2.79. The third kappa shape index (κ3) is 1.54. The van der Waals surface area contributed by atoms with Gasteiger partial charge in [0.2, 0.25) is 0 Å². The van der Waals surface area contributed by atoms with E-state index in [9.17, 15) is 4.39 Å². The molecule has 0 aliphatic rings. The first-order chi connectivity index (χ1) is 8.79.